The molecule has 1 aliphatic heterocycles. The number of rotatable bonds is 3. The lowest BCUT2D eigenvalue weighted by Gasteiger charge is -2.30. The molecule has 0 unspecified atom stereocenters. The molecular weight excluding hydrogens is 350 g/mol. The van der Waals surface area contributed by atoms with E-state index in [0.717, 1.165) is 29.5 Å². The molecule has 1 aromatic heterocycles. The molecule has 1 amide bonds. The fourth-order valence-electron chi connectivity index (χ4n) is 3.77. The number of aromatic nitrogens is 2. The molecule has 2 aromatic carbocycles. The predicted molar refractivity (Wildman–Crippen MR) is 108 cm³/mol. The summed E-state index contributed by atoms with van der Waals surface area (Å²) in [7, 11) is 0. The Hall–Kier alpha value is -2.95. The first-order valence-corrected chi connectivity index (χ1v) is 9.78. The third-order valence-electron chi connectivity index (χ3n) is 5.50. The Labute approximate surface area is 165 Å². The summed E-state index contributed by atoms with van der Waals surface area (Å²) in [5, 5.41) is 4.15. The highest BCUT2D eigenvalue weighted by Crippen LogP contribution is 2.29. The van der Waals surface area contributed by atoms with Gasteiger partial charge in [0, 0.05) is 30.1 Å². The molecular formula is C23H25N3O2. The fraction of sp³-hybridized carbons (Fsp3) is 0.348. The monoisotopic (exact) mass is 375 g/mol. The van der Waals surface area contributed by atoms with Gasteiger partial charge < -0.3 is 9.42 Å². The smallest absolute Gasteiger partial charge is 0.254 e. The lowest BCUT2D eigenvalue weighted by atomic mass is 9.95. The van der Waals surface area contributed by atoms with Crippen LogP contribution in [-0.2, 0) is 0 Å². The minimum absolute atomic E-state index is 0.113. The summed E-state index contributed by atoms with van der Waals surface area (Å²) >= 11 is 0. The molecule has 144 valence electrons. The maximum absolute atomic E-state index is 12.9. The first-order valence-electron chi connectivity index (χ1n) is 9.78. The third kappa shape index (κ3) is 3.70. The average molecular weight is 375 g/mol. The summed E-state index contributed by atoms with van der Waals surface area (Å²) in [5.41, 5.74) is 5.17. The van der Waals surface area contributed by atoms with E-state index in [1.165, 1.54) is 11.1 Å². The van der Waals surface area contributed by atoms with Crippen LogP contribution in [0.4, 0.5) is 0 Å². The summed E-state index contributed by atoms with van der Waals surface area (Å²) < 4.78 is 5.54. The normalized spacial score (nSPS) is 15.0. The van der Waals surface area contributed by atoms with Crippen molar-refractivity contribution in [2.45, 2.75) is 39.5 Å². The second-order valence-corrected chi connectivity index (χ2v) is 7.71. The minimum Gasteiger partial charge on any atom is -0.339 e. The number of carbonyl (C=O) groups excluding carboxylic acids is 1. The molecule has 5 nitrogen and oxygen atoms in total. The van der Waals surface area contributed by atoms with Gasteiger partial charge in [-0.3, -0.25) is 4.79 Å². The van der Waals surface area contributed by atoms with E-state index in [2.05, 4.69) is 23.1 Å². The summed E-state index contributed by atoms with van der Waals surface area (Å²) in [6, 6.07) is 14.1. The van der Waals surface area contributed by atoms with Crippen LogP contribution in [0.5, 0.6) is 0 Å². The van der Waals surface area contributed by atoms with Gasteiger partial charge in [0.15, 0.2) is 0 Å². The third-order valence-corrected chi connectivity index (χ3v) is 5.50. The standard InChI is InChI=1S/C23H25N3O2/c1-15-4-7-18(8-5-15)21-24-22(28-25-21)19-10-12-26(13-11-19)23(27)20-9-6-16(2)14-17(20)3/h4-9,14,19H,10-13H2,1-3H3. The molecule has 2 heterocycles. The maximum Gasteiger partial charge on any atom is 0.254 e. The van der Waals surface area contributed by atoms with Gasteiger partial charge in [-0.15, -0.1) is 0 Å². The maximum atomic E-state index is 12.9. The Morgan fingerprint density at radius 1 is 1.00 bits per heavy atom. The Morgan fingerprint density at radius 3 is 2.36 bits per heavy atom. The lowest BCUT2D eigenvalue weighted by Crippen LogP contribution is -2.38. The molecule has 5 heteroatoms. The van der Waals surface area contributed by atoms with Gasteiger partial charge in [0.2, 0.25) is 11.7 Å². The van der Waals surface area contributed by atoms with Crippen LogP contribution in [-0.4, -0.2) is 34.0 Å². The number of carbonyl (C=O) groups is 1. The van der Waals surface area contributed by atoms with Gasteiger partial charge in [-0.05, 0) is 45.2 Å². The van der Waals surface area contributed by atoms with Crippen LogP contribution in [0, 0.1) is 20.8 Å². The van der Waals surface area contributed by atoms with E-state index < -0.39 is 0 Å². The summed E-state index contributed by atoms with van der Waals surface area (Å²) in [4.78, 5) is 19.4. The molecule has 0 aliphatic carbocycles. The fourth-order valence-corrected chi connectivity index (χ4v) is 3.77. The molecule has 1 fully saturated rings. The molecule has 1 saturated heterocycles. The van der Waals surface area contributed by atoms with E-state index in [1.807, 2.05) is 55.1 Å². The molecule has 0 atom stereocenters. The Morgan fingerprint density at radius 2 is 1.68 bits per heavy atom. The number of hydrogen-bond acceptors (Lipinski definition) is 4. The molecule has 4 rings (SSSR count). The Bertz CT molecular complexity index is 983. The van der Waals surface area contributed by atoms with E-state index in [4.69, 9.17) is 4.52 Å². The highest BCUT2D eigenvalue weighted by molar-refractivity contribution is 5.95. The van der Waals surface area contributed by atoms with E-state index in [0.29, 0.717) is 24.8 Å². The molecule has 3 aromatic rings. The zero-order valence-corrected chi connectivity index (χ0v) is 16.6. The van der Waals surface area contributed by atoms with Crippen LogP contribution in [0.3, 0.4) is 0 Å². The Balaban J connectivity index is 1.41. The van der Waals surface area contributed by atoms with Crippen LogP contribution in [0.15, 0.2) is 47.0 Å². The number of likely N-dealkylation sites (tertiary alicyclic amines) is 1. The van der Waals surface area contributed by atoms with Crippen LogP contribution in [0.25, 0.3) is 11.4 Å². The van der Waals surface area contributed by atoms with E-state index in [9.17, 15) is 4.79 Å². The lowest BCUT2D eigenvalue weighted by molar-refractivity contribution is 0.0704. The van der Waals surface area contributed by atoms with Gasteiger partial charge in [-0.2, -0.15) is 4.98 Å². The predicted octanol–water partition coefficient (Wildman–Crippen LogP) is 4.68. The summed E-state index contributed by atoms with van der Waals surface area (Å²) in [5.74, 6) is 1.62. The molecule has 0 spiro atoms. The largest absolute Gasteiger partial charge is 0.339 e. The highest BCUT2D eigenvalue weighted by atomic mass is 16.5. The van der Waals surface area contributed by atoms with Crippen LogP contribution in [0.2, 0.25) is 0 Å². The number of hydrogen-bond donors (Lipinski definition) is 0. The van der Waals surface area contributed by atoms with Crippen LogP contribution in [0.1, 0.15) is 51.7 Å². The molecule has 28 heavy (non-hydrogen) atoms. The van der Waals surface area contributed by atoms with Crippen molar-refractivity contribution in [2.75, 3.05) is 13.1 Å². The average Bonchev–Trinajstić information content (AvgIpc) is 3.18. The zero-order chi connectivity index (χ0) is 19.7. The SMILES string of the molecule is Cc1ccc(-c2noc(C3CCN(C(=O)c4ccc(C)cc4C)CC3)n2)cc1. The highest BCUT2D eigenvalue weighted by Gasteiger charge is 2.28. The van der Waals surface area contributed by atoms with Crippen molar-refractivity contribution in [3.8, 4) is 11.4 Å². The van der Waals surface area contributed by atoms with Crippen molar-refractivity contribution in [1.82, 2.24) is 15.0 Å². The number of aryl methyl sites for hydroxylation is 3. The molecule has 1 aliphatic rings. The second-order valence-electron chi connectivity index (χ2n) is 7.71. The van der Waals surface area contributed by atoms with Gasteiger partial charge in [-0.1, -0.05) is 52.7 Å². The van der Waals surface area contributed by atoms with Gasteiger partial charge >= 0.3 is 0 Å². The molecule has 0 bridgehead atoms. The first kappa shape index (κ1) is 18.4. The van der Waals surface area contributed by atoms with Crippen molar-refractivity contribution in [1.29, 1.82) is 0 Å². The van der Waals surface area contributed by atoms with Crippen LogP contribution < -0.4 is 0 Å². The van der Waals surface area contributed by atoms with Gasteiger partial charge in [0.1, 0.15) is 0 Å². The molecule has 0 N–H and O–H groups in total. The quantitative estimate of drug-likeness (QED) is 0.667. The van der Waals surface area contributed by atoms with Crippen LogP contribution >= 0.6 is 0 Å². The van der Waals surface area contributed by atoms with Crippen molar-refractivity contribution >= 4 is 5.91 Å². The van der Waals surface area contributed by atoms with Crippen molar-refractivity contribution in [3.05, 3.63) is 70.6 Å². The van der Waals surface area contributed by atoms with Gasteiger partial charge in [0.05, 0.1) is 0 Å². The summed E-state index contributed by atoms with van der Waals surface area (Å²) in [6.07, 6.45) is 1.68. The minimum atomic E-state index is 0.113. The van der Waals surface area contributed by atoms with Crippen molar-refractivity contribution in [2.24, 2.45) is 0 Å². The Kier molecular flexibility index (Phi) is 4.99. The van der Waals surface area contributed by atoms with Gasteiger partial charge in [0.25, 0.3) is 5.91 Å². The van der Waals surface area contributed by atoms with E-state index in [-0.39, 0.29) is 11.8 Å². The van der Waals surface area contributed by atoms with E-state index >= 15 is 0 Å². The molecule has 0 radical (unpaired) electrons. The number of nitrogens with zero attached hydrogens (tertiary/aromatic N) is 3. The topological polar surface area (TPSA) is 59.2 Å². The number of amides is 1. The van der Waals surface area contributed by atoms with Gasteiger partial charge in [-0.25, -0.2) is 0 Å². The first-order chi connectivity index (χ1) is 13.5. The zero-order valence-electron chi connectivity index (χ0n) is 16.6. The second kappa shape index (κ2) is 7.58. The molecule has 0 saturated carbocycles. The number of piperidine rings is 1. The van der Waals surface area contributed by atoms with Crippen molar-refractivity contribution in [3.63, 3.8) is 0 Å². The summed E-state index contributed by atoms with van der Waals surface area (Å²) in [6.45, 7) is 7.51. The number of benzene rings is 2. The van der Waals surface area contributed by atoms with E-state index in [1.54, 1.807) is 0 Å². The van der Waals surface area contributed by atoms with Crippen molar-refractivity contribution < 1.29 is 9.32 Å².